The summed E-state index contributed by atoms with van der Waals surface area (Å²) in [6, 6.07) is 0.432. The van der Waals surface area contributed by atoms with Crippen LogP contribution in [0.3, 0.4) is 0 Å². The molecule has 1 heterocycles. The van der Waals surface area contributed by atoms with Crippen LogP contribution in [0.5, 0.6) is 0 Å². The fraction of sp³-hybridized carbons (Fsp3) is 1.00. The summed E-state index contributed by atoms with van der Waals surface area (Å²) in [4.78, 5) is 0. The highest BCUT2D eigenvalue weighted by atomic mass is 31.1. The van der Waals surface area contributed by atoms with Crippen LogP contribution >= 0.6 is 8.58 Å². The third-order valence-electron chi connectivity index (χ3n) is 2.22. The molecule has 0 spiro atoms. The van der Waals surface area contributed by atoms with Gasteiger partial charge in [0.2, 0.25) is 0 Å². The van der Waals surface area contributed by atoms with E-state index in [0.717, 1.165) is 8.58 Å². The first kappa shape index (κ1) is 9.48. The molecule has 0 atom stereocenters. The normalized spacial score (nSPS) is 37.4. The highest BCUT2D eigenvalue weighted by Crippen LogP contribution is 2.51. The van der Waals surface area contributed by atoms with Crippen LogP contribution in [-0.4, -0.2) is 16.4 Å². The van der Waals surface area contributed by atoms with Crippen LogP contribution in [0.1, 0.15) is 40.5 Å². The van der Waals surface area contributed by atoms with E-state index in [1.165, 1.54) is 12.8 Å². The molecule has 0 bridgehead atoms. The second-order valence-corrected chi connectivity index (χ2v) is 8.02. The van der Waals surface area contributed by atoms with Crippen molar-refractivity contribution in [2.75, 3.05) is 0 Å². The second-order valence-electron chi connectivity index (χ2n) is 5.06. The molecule has 1 saturated heterocycles. The lowest BCUT2D eigenvalue weighted by molar-refractivity contribution is 0.420. The lowest BCUT2D eigenvalue weighted by Crippen LogP contribution is -2.41. The van der Waals surface area contributed by atoms with Crippen molar-refractivity contribution in [2.24, 2.45) is 5.73 Å². The summed E-state index contributed by atoms with van der Waals surface area (Å²) in [5.74, 6) is 0. The summed E-state index contributed by atoms with van der Waals surface area (Å²) in [7, 11) is 1.06. The molecule has 0 aromatic rings. The number of rotatable bonds is 0. The molecule has 1 aliphatic rings. The van der Waals surface area contributed by atoms with Gasteiger partial charge in [0, 0.05) is 6.04 Å². The third kappa shape index (κ3) is 2.72. The average molecular weight is 173 g/mol. The van der Waals surface area contributed by atoms with Crippen LogP contribution < -0.4 is 5.73 Å². The first-order valence-electron chi connectivity index (χ1n) is 4.36. The minimum atomic E-state index is 0.432. The van der Waals surface area contributed by atoms with Crippen molar-refractivity contribution in [3.63, 3.8) is 0 Å². The molecule has 2 N–H and O–H groups in total. The molecule has 1 fully saturated rings. The zero-order valence-corrected chi connectivity index (χ0v) is 9.07. The lowest BCUT2D eigenvalue weighted by atomic mass is 9.94. The number of hydrogen-bond donors (Lipinski definition) is 1. The Morgan fingerprint density at radius 3 is 1.73 bits per heavy atom. The minimum Gasteiger partial charge on any atom is -0.328 e. The molecule has 0 unspecified atom stereocenters. The van der Waals surface area contributed by atoms with Crippen LogP contribution in [0.15, 0.2) is 0 Å². The van der Waals surface area contributed by atoms with E-state index in [-0.39, 0.29) is 0 Å². The summed E-state index contributed by atoms with van der Waals surface area (Å²) in [5.41, 5.74) is 5.99. The van der Waals surface area contributed by atoms with Crippen molar-refractivity contribution >= 4 is 8.58 Å². The molecular formula is C9H20NP. The van der Waals surface area contributed by atoms with Crippen molar-refractivity contribution in [3.8, 4) is 0 Å². The smallest absolute Gasteiger partial charge is 0.00555 e. The Morgan fingerprint density at radius 2 is 1.45 bits per heavy atom. The van der Waals surface area contributed by atoms with Crippen molar-refractivity contribution in [2.45, 2.75) is 56.9 Å². The van der Waals surface area contributed by atoms with Crippen LogP contribution in [0, 0.1) is 0 Å². The van der Waals surface area contributed by atoms with E-state index in [2.05, 4.69) is 27.7 Å². The van der Waals surface area contributed by atoms with Gasteiger partial charge < -0.3 is 5.73 Å². The van der Waals surface area contributed by atoms with Crippen molar-refractivity contribution in [1.82, 2.24) is 0 Å². The SMILES string of the molecule is CC1(C)CC(N)CC(C)(C)P1. The van der Waals surface area contributed by atoms with Gasteiger partial charge in [0.1, 0.15) is 0 Å². The molecule has 1 rings (SSSR count). The maximum absolute atomic E-state index is 5.99. The van der Waals surface area contributed by atoms with Gasteiger partial charge in [-0.25, -0.2) is 0 Å². The molecule has 1 aliphatic heterocycles. The number of hydrogen-bond acceptors (Lipinski definition) is 1. The van der Waals surface area contributed by atoms with E-state index in [0.29, 0.717) is 16.4 Å². The summed E-state index contributed by atoms with van der Waals surface area (Å²) >= 11 is 0. The zero-order valence-electron chi connectivity index (χ0n) is 8.07. The van der Waals surface area contributed by atoms with Gasteiger partial charge in [-0.2, -0.15) is 0 Å². The fourth-order valence-corrected chi connectivity index (χ4v) is 4.96. The monoisotopic (exact) mass is 173 g/mol. The Balaban J connectivity index is 2.66. The molecule has 0 amide bonds. The minimum absolute atomic E-state index is 0.432. The molecule has 66 valence electrons. The molecule has 0 radical (unpaired) electrons. The van der Waals surface area contributed by atoms with Gasteiger partial charge in [-0.3, -0.25) is 0 Å². The topological polar surface area (TPSA) is 26.0 Å². The maximum atomic E-state index is 5.99. The van der Waals surface area contributed by atoms with E-state index in [4.69, 9.17) is 5.73 Å². The summed E-state index contributed by atoms with van der Waals surface area (Å²) < 4.78 is 0. The van der Waals surface area contributed by atoms with Crippen molar-refractivity contribution < 1.29 is 0 Å². The van der Waals surface area contributed by atoms with Crippen LogP contribution in [-0.2, 0) is 0 Å². The predicted octanol–water partition coefficient (Wildman–Crippen LogP) is 2.34. The molecule has 0 saturated carbocycles. The second kappa shape index (κ2) is 2.71. The van der Waals surface area contributed by atoms with E-state index in [1.54, 1.807) is 0 Å². The molecule has 1 nitrogen and oxygen atoms in total. The summed E-state index contributed by atoms with van der Waals surface area (Å²) in [5, 5.41) is 0.975. The molecule has 0 aromatic carbocycles. The molecular weight excluding hydrogens is 153 g/mol. The van der Waals surface area contributed by atoms with E-state index < -0.39 is 0 Å². The van der Waals surface area contributed by atoms with E-state index in [1.807, 2.05) is 0 Å². The van der Waals surface area contributed by atoms with E-state index in [9.17, 15) is 0 Å². The predicted molar refractivity (Wildman–Crippen MR) is 53.7 cm³/mol. The Morgan fingerprint density at radius 1 is 1.09 bits per heavy atom. The van der Waals surface area contributed by atoms with Gasteiger partial charge in [-0.05, 0) is 23.2 Å². The lowest BCUT2D eigenvalue weighted by Gasteiger charge is -2.43. The van der Waals surface area contributed by atoms with Gasteiger partial charge in [0.15, 0.2) is 0 Å². The quantitative estimate of drug-likeness (QED) is 0.559. The standard InChI is InChI=1S/C9H20NP/c1-8(2)5-7(10)6-9(3,4)11-8/h7,11H,5-6,10H2,1-4H3. The highest BCUT2D eigenvalue weighted by Gasteiger charge is 2.36. The van der Waals surface area contributed by atoms with Gasteiger partial charge >= 0.3 is 0 Å². The number of nitrogens with two attached hydrogens (primary N) is 1. The summed E-state index contributed by atoms with van der Waals surface area (Å²) in [6.07, 6.45) is 2.41. The van der Waals surface area contributed by atoms with E-state index >= 15 is 0 Å². The Kier molecular flexibility index (Phi) is 2.33. The average Bonchev–Trinajstić information content (AvgIpc) is 1.49. The Labute approximate surface area is 71.9 Å². The van der Waals surface area contributed by atoms with Gasteiger partial charge in [-0.1, -0.05) is 27.7 Å². The molecule has 0 aromatic heterocycles. The molecule has 11 heavy (non-hydrogen) atoms. The maximum Gasteiger partial charge on any atom is 0.00555 e. The first-order chi connectivity index (χ1) is 4.81. The Hall–Kier alpha value is 0.390. The summed E-state index contributed by atoms with van der Waals surface area (Å²) in [6.45, 7) is 9.36. The van der Waals surface area contributed by atoms with Crippen molar-refractivity contribution in [3.05, 3.63) is 0 Å². The van der Waals surface area contributed by atoms with Crippen LogP contribution in [0.4, 0.5) is 0 Å². The van der Waals surface area contributed by atoms with Gasteiger partial charge in [0.25, 0.3) is 0 Å². The van der Waals surface area contributed by atoms with Crippen LogP contribution in [0.25, 0.3) is 0 Å². The zero-order chi connectivity index (χ0) is 8.70. The molecule has 0 aliphatic carbocycles. The van der Waals surface area contributed by atoms with Crippen molar-refractivity contribution in [1.29, 1.82) is 0 Å². The van der Waals surface area contributed by atoms with Crippen LogP contribution in [0.2, 0.25) is 0 Å². The largest absolute Gasteiger partial charge is 0.328 e. The fourth-order valence-electron chi connectivity index (χ4n) is 2.40. The van der Waals surface area contributed by atoms with Gasteiger partial charge in [0.05, 0.1) is 0 Å². The highest BCUT2D eigenvalue weighted by molar-refractivity contribution is 7.41. The molecule has 2 heteroatoms. The first-order valence-corrected chi connectivity index (χ1v) is 5.36. The van der Waals surface area contributed by atoms with Gasteiger partial charge in [-0.15, -0.1) is 8.58 Å². The third-order valence-corrected chi connectivity index (χ3v) is 3.98. The Bertz CT molecular complexity index is 136.